The Balaban J connectivity index is 1.88. The number of hydrogen-bond donors (Lipinski definition) is 1. The molecule has 0 radical (unpaired) electrons. The Morgan fingerprint density at radius 3 is 2.39 bits per heavy atom. The van der Waals surface area contributed by atoms with E-state index in [2.05, 4.69) is 0 Å². The number of benzene rings is 2. The number of rotatable bonds is 6. The van der Waals surface area contributed by atoms with Crippen LogP contribution in [0, 0.1) is 0 Å². The number of carbonyl (C=O) groups excluding carboxylic acids is 2. The maximum absolute atomic E-state index is 13.1. The molecule has 31 heavy (non-hydrogen) atoms. The van der Waals surface area contributed by atoms with E-state index in [1.165, 1.54) is 23.3 Å². The molecule has 1 aliphatic heterocycles. The van der Waals surface area contributed by atoms with Crippen LogP contribution >= 0.6 is 11.3 Å². The number of ketones is 1. The molecule has 1 atom stereocenters. The van der Waals surface area contributed by atoms with E-state index in [0.29, 0.717) is 22.6 Å². The van der Waals surface area contributed by atoms with Gasteiger partial charge in [0, 0.05) is 10.4 Å². The number of likely N-dealkylation sites (tertiary alicyclic amines) is 1. The normalized spacial score (nSPS) is 17.7. The summed E-state index contributed by atoms with van der Waals surface area (Å²) in [6.45, 7) is 0.263. The second kappa shape index (κ2) is 8.65. The first-order chi connectivity index (χ1) is 15.0. The van der Waals surface area contributed by atoms with Crippen LogP contribution in [0.4, 0.5) is 0 Å². The Morgan fingerprint density at radius 1 is 1.00 bits per heavy atom. The molecule has 158 valence electrons. The van der Waals surface area contributed by atoms with Crippen LogP contribution in [0.3, 0.4) is 0 Å². The number of Topliss-reactive ketones (excluding diaryl/α,β-unsaturated/α-hetero) is 1. The Morgan fingerprint density at radius 2 is 1.71 bits per heavy atom. The monoisotopic (exact) mass is 435 g/mol. The number of nitrogens with zero attached hydrogens (tertiary/aromatic N) is 1. The topological polar surface area (TPSA) is 76.1 Å². The Bertz CT molecular complexity index is 1150. The van der Waals surface area contributed by atoms with Crippen molar-refractivity contribution in [2.75, 3.05) is 14.2 Å². The highest BCUT2D eigenvalue weighted by atomic mass is 32.1. The molecule has 1 aromatic heterocycles. The molecule has 0 bridgehead atoms. The van der Waals surface area contributed by atoms with Gasteiger partial charge in [-0.2, -0.15) is 0 Å². The molecule has 7 heteroatoms. The van der Waals surface area contributed by atoms with Gasteiger partial charge in [0.15, 0.2) is 0 Å². The lowest BCUT2D eigenvalue weighted by Crippen LogP contribution is -2.28. The lowest BCUT2D eigenvalue weighted by Gasteiger charge is -2.25. The van der Waals surface area contributed by atoms with E-state index in [9.17, 15) is 14.7 Å². The van der Waals surface area contributed by atoms with Crippen molar-refractivity contribution in [2.45, 2.75) is 12.6 Å². The standard InChI is InChI=1S/C24H21NO5S/c1-29-17-8-3-6-15(12-17)21-20(22(26)16-7-4-9-18(13-16)30-2)23(27)24(28)25(21)14-19-10-5-11-31-19/h3-13,21,26H,14H2,1-2H3/b22-20-. The summed E-state index contributed by atoms with van der Waals surface area (Å²) in [6, 6.07) is 17.0. The van der Waals surface area contributed by atoms with Gasteiger partial charge in [-0.25, -0.2) is 0 Å². The minimum absolute atomic E-state index is 0.0445. The third kappa shape index (κ3) is 3.92. The lowest BCUT2D eigenvalue weighted by atomic mass is 9.95. The largest absolute Gasteiger partial charge is 0.507 e. The highest BCUT2D eigenvalue weighted by Crippen LogP contribution is 2.41. The molecule has 4 rings (SSSR count). The molecule has 1 aliphatic rings. The van der Waals surface area contributed by atoms with Crippen molar-refractivity contribution in [3.05, 3.63) is 87.6 Å². The van der Waals surface area contributed by atoms with Gasteiger partial charge in [-0.05, 0) is 41.3 Å². The number of amides is 1. The van der Waals surface area contributed by atoms with Crippen molar-refractivity contribution in [1.82, 2.24) is 4.90 Å². The highest BCUT2D eigenvalue weighted by Gasteiger charge is 2.46. The first-order valence-electron chi connectivity index (χ1n) is 9.62. The molecule has 0 aliphatic carbocycles. The average Bonchev–Trinajstić information content (AvgIpc) is 3.41. The molecule has 2 aromatic carbocycles. The molecule has 1 N–H and O–H groups in total. The summed E-state index contributed by atoms with van der Waals surface area (Å²) in [5.41, 5.74) is 1.13. The second-order valence-electron chi connectivity index (χ2n) is 7.01. The van der Waals surface area contributed by atoms with Crippen molar-refractivity contribution in [1.29, 1.82) is 0 Å². The molecule has 3 aromatic rings. The minimum atomic E-state index is -0.747. The van der Waals surface area contributed by atoms with Gasteiger partial charge in [0.2, 0.25) is 0 Å². The number of carbonyl (C=O) groups is 2. The summed E-state index contributed by atoms with van der Waals surface area (Å²) >= 11 is 1.50. The van der Waals surface area contributed by atoms with Crippen molar-refractivity contribution in [2.24, 2.45) is 0 Å². The Kier molecular flexibility index (Phi) is 5.77. The van der Waals surface area contributed by atoms with Gasteiger partial charge in [0.05, 0.1) is 32.4 Å². The van der Waals surface area contributed by atoms with Crippen molar-refractivity contribution >= 4 is 28.8 Å². The fourth-order valence-electron chi connectivity index (χ4n) is 3.70. The number of hydrogen-bond acceptors (Lipinski definition) is 6. The van der Waals surface area contributed by atoms with Crippen LogP contribution in [-0.2, 0) is 16.1 Å². The third-order valence-electron chi connectivity index (χ3n) is 5.20. The van der Waals surface area contributed by atoms with Crippen LogP contribution in [0.2, 0.25) is 0 Å². The van der Waals surface area contributed by atoms with Gasteiger partial charge < -0.3 is 19.5 Å². The van der Waals surface area contributed by atoms with E-state index in [1.807, 2.05) is 23.6 Å². The van der Waals surface area contributed by atoms with Gasteiger partial charge in [0.1, 0.15) is 17.3 Å². The van der Waals surface area contributed by atoms with E-state index in [4.69, 9.17) is 9.47 Å². The second-order valence-corrected chi connectivity index (χ2v) is 8.05. The summed E-state index contributed by atoms with van der Waals surface area (Å²) in [4.78, 5) is 28.5. The smallest absolute Gasteiger partial charge is 0.295 e. The number of aliphatic hydroxyl groups is 1. The molecule has 1 amide bonds. The molecule has 0 spiro atoms. The van der Waals surface area contributed by atoms with Crippen LogP contribution in [0.1, 0.15) is 22.0 Å². The Labute approximate surface area is 184 Å². The van der Waals surface area contributed by atoms with Crippen LogP contribution in [0.25, 0.3) is 5.76 Å². The number of methoxy groups -OCH3 is 2. The molecule has 1 saturated heterocycles. The number of aliphatic hydroxyl groups excluding tert-OH is 1. The van der Waals surface area contributed by atoms with E-state index in [0.717, 1.165) is 4.88 Å². The predicted octanol–water partition coefficient (Wildman–Crippen LogP) is 4.39. The maximum atomic E-state index is 13.1. The summed E-state index contributed by atoms with van der Waals surface area (Å²) in [5, 5.41) is 13.0. The van der Waals surface area contributed by atoms with Gasteiger partial charge in [-0.1, -0.05) is 30.3 Å². The average molecular weight is 436 g/mol. The fraction of sp³-hybridized carbons (Fsp3) is 0.167. The number of ether oxygens (including phenoxy) is 2. The summed E-state index contributed by atoms with van der Waals surface area (Å²) in [7, 11) is 3.08. The lowest BCUT2D eigenvalue weighted by molar-refractivity contribution is -0.140. The fourth-order valence-corrected chi connectivity index (χ4v) is 4.40. The maximum Gasteiger partial charge on any atom is 0.295 e. The van der Waals surface area contributed by atoms with E-state index >= 15 is 0 Å². The molecule has 6 nitrogen and oxygen atoms in total. The van der Waals surface area contributed by atoms with E-state index in [1.54, 1.807) is 49.6 Å². The molecular weight excluding hydrogens is 414 g/mol. The molecular formula is C24H21NO5S. The van der Waals surface area contributed by atoms with Gasteiger partial charge in [-0.3, -0.25) is 9.59 Å². The predicted molar refractivity (Wildman–Crippen MR) is 118 cm³/mol. The number of thiophene rings is 1. The van der Waals surface area contributed by atoms with Gasteiger partial charge in [0.25, 0.3) is 11.7 Å². The zero-order valence-corrected chi connectivity index (χ0v) is 17.9. The molecule has 1 unspecified atom stereocenters. The first-order valence-corrected chi connectivity index (χ1v) is 10.5. The van der Waals surface area contributed by atoms with E-state index in [-0.39, 0.29) is 17.9 Å². The first kappa shape index (κ1) is 20.7. The van der Waals surface area contributed by atoms with Crippen molar-refractivity contribution in [3.8, 4) is 11.5 Å². The summed E-state index contributed by atoms with van der Waals surface area (Å²) < 4.78 is 10.6. The SMILES string of the molecule is COc1cccc(/C(O)=C2/C(=O)C(=O)N(Cc3cccs3)C2c2cccc(OC)c2)c1. The van der Waals surface area contributed by atoms with Gasteiger partial charge in [-0.15, -0.1) is 11.3 Å². The van der Waals surface area contributed by atoms with Crippen LogP contribution in [0.5, 0.6) is 11.5 Å². The third-order valence-corrected chi connectivity index (χ3v) is 6.06. The highest BCUT2D eigenvalue weighted by molar-refractivity contribution is 7.09. The van der Waals surface area contributed by atoms with Crippen LogP contribution < -0.4 is 9.47 Å². The molecule has 2 heterocycles. The van der Waals surface area contributed by atoms with Crippen LogP contribution in [-0.4, -0.2) is 35.9 Å². The molecule has 0 saturated carbocycles. The minimum Gasteiger partial charge on any atom is -0.507 e. The summed E-state index contributed by atoms with van der Waals surface area (Å²) in [6.07, 6.45) is 0. The summed E-state index contributed by atoms with van der Waals surface area (Å²) in [5.74, 6) is -0.468. The van der Waals surface area contributed by atoms with Crippen molar-refractivity contribution in [3.63, 3.8) is 0 Å². The zero-order valence-electron chi connectivity index (χ0n) is 17.1. The zero-order chi connectivity index (χ0) is 22.0. The molecule has 1 fully saturated rings. The van der Waals surface area contributed by atoms with Gasteiger partial charge >= 0.3 is 0 Å². The van der Waals surface area contributed by atoms with E-state index < -0.39 is 17.7 Å². The quantitative estimate of drug-likeness (QED) is 0.353. The Hall–Kier alpha value is -3.58. The van der Waals surface area contributed by atoms with Crippen LogP contribution in [0.15, 0.2) is 71.6 Å². The van der Waals surface area contributed by atoms with Crippen molar-refractivity contribution < 1.29 is 24.2 Å².